The lowest BCUT2D eigenvalue weighted by Gasteiger charge is -2.26. The van der Waals surface area contributed by atoms with Crippen molar-refractivity contribution in [2.45, 2.75) is 32.9 Å². The second-order valence-electron chi connectivity index (χ2n) is 5.10. The number of benzene rings is 1. The molecule has 126 valence electrons. The number of amides is 2. The molecule has 0 spiro atoms. The first kappa shape index (κ1) is 18.6. The fourth-order valence-electron chi connectivity index (χ4n) is 1.99. The number of carbonyl (C=O) groups is 3. The quantitative estimate of drug-likeness (QED) is 0.498. The fraction of sp³-hybridized carbons (Fsp3) is 0.438. The zero-order valence-electron chi connectivity index (χ0n) is 13.3. The summed E-state index contributed by atoms with van der Waals surface area (Å²) in [6, 6.07) is 8.40. The van der Waals surface area contributed by atoms with Gasteiger partial charge in [-0.1, -0.05) is 37.3 Å². The highest BCUT2D eigenvalue weighted by atomic mass is 16.7. The first-order valence-electron chi connectivity index (χ1n) is 7.40. The summed E-state index contributed by atoms with van der Waals surface area (Å²) in [6.45, 7) is 3.71. The molecular formula is C16H22N2O5. The Labute approximate surface area is 135 Å². The maximum absolute atomic E-state index is 12.4. The van der Waals surface area contributed by atoms with E-state index < -0.39 is 23.8 Å². The molecule has 0 aliphatic rings. The molecule has 7 heteroatoms. The van der Waals surface area contributed by atoms with Crippen molar-refractivity contribution in [2.75, 3.05) is 6.54 Å². The van der Waals surface area contributed by atoms with E-state index >= 15 is 0 Å². The number of carboxylic acid groups (broad SMARTS) is 1. The van der Waals surface area contributed by atoms with Crippen LogP contribution in [0.1, 0.15) is 25.8 Å². The molecule has 0 aliphatic carbocycles. The van der Waals surface area contributed by atoms with Gasteiger partial charge in [-0.2, -0.15) is 0 Å². The summed E-state index contributed by atoms with van der Waals surface area (Å²) in [4.78, 5) is 39.5. The summed E-state index contributed by atoms with van der Waals surface area (Å²) >= 11 is 0. The standard InChI is InChI=1S/C16H22N2O5/c1-3-18(23-10-13-7-5-4-6-8-13)15(20)14(17-11-19)9-12(2)16(21)22/h4-8,11-12,14H,3,9-10H2,1-2H3,(H,17,19)(H,21,22)/t12-,14?/m0/s1. The van der Waals surface area contributed by atoms with Crippen LogP contribution in [0.25, 0.3) is 0 Å². The lowest BCUT2D eigenvalue weighted by atomic mass is 10.0. The molecule has 2 amide bonds. The van der Waals surface area contributed by atoms with Crippen LogP contribution in [0.15, 0.2) is 30.3 Å². The summed E-state index contributed by atoms with van der Waals surface area (Å²) < 4.78 is 0. The smallest absolute Gasteiger partial charge is 0.306 e. The van der Waals surface area contributed by atoms with E-state index in [0.29, 0.717) is 6.41 Å². The van der Waals surface area contributed by atoms with Crippen molar-refractivity contribution >= 4 is 18.3 Å². The van der Waals surface area contributed by atoms with E-state index in [0.717, 1.165) is 10.6 Å². The van der Waals surface area contributed by atoms with Gasteiger partial charge in [0.25, 0.3) is 5.91 Å². The molecule has 7 nitrogen and oxygen atoms in total. The lowest BCUT2D eigenvalue weighted by molar-refractivity contribution is -0.193. The van der Waals surface area contributed by atoms with Gasteiger partial charge >= 0.3 is 5.97 Å². The highest BCUT2D eigenvalue weighted by Crippen LogP contribution is 2.11. The second-order valence-corrected chi connectivity index (χ2v) is 5.10. The van der Waals surface area contributed by atoms with Crippen molar-refractivity contribution in [2.24, 2.45) is 5.92 Å². The fourth-order valence-corrected chi connectivity index (χ4v) is 1.99. The SMILES string of the molecule is CCN(OCc1ccccc1)C(=O)C(C[C@H](C)C(=O)O)NC=O. The highest BCUT2D eigenvalue weighted by molar-refractivity contribution is 5.83. The van der Waals surface area contributed by atoms with E-state index in [4.69, 9.17) is 9.94 Å². The number of carbonyl (C=O) groups excluding carboxylic acids is 2. The van der Waals surface area contributed by atoms with E-state index in [1.165, 1.54) is 6.92 Å². The molecule has 0 saturated heterocycles. The van der Waals surface area contributed by atoms with Gasteiger partial charge in [0, 0.05) is 6.54 Å². The Bertz CT molecular complexity index is 520. The Kier molecular flexibility index (Phi) is 7.76. The van der Waals surface area contributed by atoms with E-state index in [1.54, 1.807) is 6.92 Å². The van der Waals surface area contributed by atoms with Crippen molar-refractivity contribution in [1.29, 1.82) is 0 Å². The van der Waals surface area contributed by atoms with Gasteiger partial charge in [0.1, 0.15) is 12.6 Å². The molecule has 23 heavy (non-hydrogen) atoms. The number of nitrogens with one attached hydrogen (secondary N) is 1. The maximum Gasteiger partial charge on any atom is 0.306 e. The first-order valence-corrected chi connectivity index (χ1v) is 7.40. The van der Waals surface area contributed by atoms with Crippen LogP contribution in [-0.4, -0.2) is 41.0 Å². The number of likely N-dealkylation sites (N-methyl/N-ethyl adjacent to an activating group) is 1. The Morgan fingerprint density at radius 1 is 1.35 bits per heavy atom. The van der Waals surface area contributed by atoms with Crippen LogP contribution in [0.3, 0.4) is 0 Å². The van der Waals surface area contributed by atoms with Crippen LogP contribution in [-0.2, 0) is 25.8 Å². The third-order valence-electron chi connectivity index (χ3n) is 3.34. The van der Waals surface area contributed by atoms with Crippen LogP contribution < -0.4 is 5.32 Å². The molecule has 1 aromatic rings. The Morgan fingerprint density at radius 2 is 2.00 bits per heavy atom. The Balaban J connectivity index is 2.69. The molecule has 0 fully saturated rings. The zero-order valence-corrected chi connectivity index (χ0v) is 13.3. The third-order valence-corrected chi connectivity index (χ3v) is 3.34. The van der Waals surface area contributed by atoms with E-state index in [1.807, 2.05) is 30.3 Å². The second kappa shape index (κ2) is 9.58. The molecule has 0 aliphatic heterocycles. The predicted octanol–water partition coefficient (Wildman–Crippen LogP) is 1.19. The van der Waals surface area contributed by atoms with Crippen LogP contribution in [0.5, 0.6) is 0 Å². The molecule has 0 bridgehead atoms. The average molecular weight is 322 g/mol. The van der Waals surface area contributed by atoms with Crippen molar-refractivity contribution in [3.05, 3.63) is 35.9 Å². The summed E-state index contributed by atoms with van der Waals surface area (Å²) in [6.07, 6.45) is 0.389. The number of carboxylic acids is 1. The summed E-state index contributed by atoms with van der Waals surface area (Å²) in [7, 11) is 0. The topological polar surface area (TPSA) is 95.9 Å². The van der Waals surface area contributed by atoms with Crippen LogP contribution in [0.2, 0.25) is 0 Å². The summed E-state index contributed by atoms with van der Waals surface area (Å²) in [5, 5.41) is 12.5. The van der Waals surface area contributed by atoms with E-state index in [9.17, 15) is 14.4 Å². The molecule has 1 aromatic carbocycles. The molecule has 0 heterocycles. The van der Waals surface area contributed by atoms with Crippen molar-refractivity contribution in [1.82, 2.24) is 10.4 Å². The van der Waals surface area contributed by atoms with Gasteiger partial charge in [-0.05, 0) is 18.9 Å². The molecule has 0 radical (unpaired) electrons. The molecule has 2 atom stereocenters. The minimum atomic E-state index is -1.02. The minimum absolute atomic E-state index is 0.00188. The Morgan fingerprint density at radius 3 is 2.52 bits per heavy atom. The monoisotopic (exact) mass is 322 g/mol. The number of hydrogen-bond donors (Lipinski definition) is 2. The van der Waals surface area contributed by atoms with Crippen LogP contribution >= 0.6 is 0 Å². The lowest BCUT2D eigenvalue weighted by Crippen LogP contribution is -2.47. The van der Waals surface area contributed by atoms with Gasteiger partial charge < -0.3 is 10.4 Å². The number of hydrogen-bond acceptors (Lipinski definition) is 4. The van der Waals surface area contributed by atoms with Gasteiger partial charge in [-0.3, -0.25) is 19.2 Å². The first-order chi connectivity index (χ1) is 11.0. The van der Waals surface area contributed by atoms with Crippen molar-refractivity contribution in [3.63, 3.8) is 0 Å². The van der Waals surface area contributed by atoms with E-state index in [2.05, 4.69) is 5.32 Å². The highest BCUT2D eigenvalue weighted by Gasteiger charge is 2.28. The molecule has 0 saturated carbocycles. The maximum atomic E-state index is 12.4. The molecule has 1 rings (SSSR count). The third kappa shape index (κ3) is 6.07. The van der Waals surface area contributed by atoms with Crippen molar-refractivity contribution in [3.8, 4) is 0 Å². The normalized spacial score (nSPS) is 13.0. The summed E-state index contributed by atoms with van der Waals surface area (Å²) in [5.74, 6) is -2.25. The molecule has 0 aromatic heterocycles. The molecular weight excluding hydrogens is 300 g/mol. The largest absolute Gasteiger partial charge is 0.481 e. The van der Waals surface area contributed by atoms with Gasteiger partial charge in [0.05, 0.1) is 5.92 Å². The van der Waals surface area contributed by atoms with Crippen LogP contribution in [0, 0.1) is 5.92 Å². The number of hydroxylamine groups is 2. The van der Waals surface area contributed by atoms with Gasteiger partial charge in [-0.15, -0.1) is 0 Å². The summed E-state index contributed by atoms with van der Waals surface area (Å²) in [5.41, 5.74) is 0.901. The number of aliphatic carboxylic acids is 1. The van der Waals surface area contributed by atoms with Crippen molar-refractivity contribution < 1.29 is 24.3 Å². The number of rotatable bonds is 10. The van der Waals surface area contributed by atoms with Gasteiger partial charge in [0.2, 0.25) is 6.41 Å². The van der Waals surface area contributed by atoms with Crippen LogP contribution in [0.4, 0.5) is 0 Å². The van der Waals surface area contributed by atoms with Gasteiger partial charge in [0.15, 0.2) is 0 Å². The van der Waals surface area contributed by atoms with E-state index in [-0.39, 0.29) is 19.6 Å². The minimum Gasteiger partial charge on any atom is -0.481 e. The molecule has 2 N–H and O–H groups in total. The zero-order chi connectivity index (χ0) is 17.2. The number of nitrogens with zero attached hydrogens (tertiary/aromatic N) is 1. The average Bonchev–Trinajstić information content (AvgIpc) is 2.55. The van der Waals surface area contributed by atoms with Gasteiger partial charge in [-0.25, -0.2) is 5.06 Å². The predicted molar refractivity (Wildman–Crippen MR) is 83.0 cm³/mol. The Hall–Kier alpha value is -2.41. The molecule has 1 unspecified atom stereocenters.